The highest BCUT2D eigenvalue weighted by atomic mass is 35.5. The second kappa shape index (κ2) is 5.57. The molecule has 0 saturated carbocycles. The second-order valence-electron chi connectivity index (χ2n) is 3.95. The van der Waals surface area contributed by atoms with Gasteiger partial charge in [-0.2, -0.15) is 5.26 Å². The summed E-state index contributed by atoms with van der Waals surface area (Å²) in [7, 11) is 0. The number of carbonyl (C=O) groups is 1. The Morgan fingerprint density at radius 2 is 2.28 bits per heavy atom. The van der Waals surface area contributed by atoms with E-state index in [0.717, 1.165) is 0 Å². The van der Waals surface area contributed by atoms with Crippen LogP contribution in [0.2, 0.25) is 10.0 Å². The molecule has 0 radical (unpaired) electrons. The van der Waals surface area contributed by atoms with Gasteiger partial charge in [-0.05, 0) is 12.1 Å². The lowest BCUT2D eigenvalue weighted by atomic mass is 10.1. The van der Waals surface area contributed by atoms with E-state index in [0.29, 0.717) is 30.2 Å². The molecule has 94 valence electrons. The summed E-state index contributed by atoms with van der Waals surface area (Å²) in [5, 5.41) is 12.7. The number of nitrogens with zero attached hydrogens (tertiary/aromatic N) is 2. The van der Waals surface area contributed by atoms with E-state index < -0.39 is 6.04 Å². The van der Waals surface area contributed by atoms with Crippen LogP contribution in [0.4, 0.5) is 0 Å². The SMILES string of the molecule is N#CC1CNCCN1C(=O)c1cccc(Cl)c1Cl. The summed E-state index contributed by atoms with van der Waals surface area (Å²) in [6, 6.07) is 6.55. The molecule has 1 aliphatic rings. The highest BCUT2D eigenvalue weighted by Crippen LogP contribution is 2.27. The Balaban J connectivity index is 2.30. The summed E-state index contributed by atoms with van der Waals surface area (Å²) in [4.78, 5) is 13.9. The zero-order chi connectivity index (χ0) is 13.1. The molecule has 0 aliphatic carbocycles. The number of halogens is 2. The molecule has 6 heteroatoms. The van der Waals surface area contributed by atoms with Crippen molar-refractivity contribution in [1.29, 1.82) is 5.26 Å². The van der Waals surface area contributed by atoms with Crippen LogP contribution in [0.15, 0.2) is 18.2 Å². The first kappa shape index (κ1) is 13.2. The number of benzene rings is 1. The van der Waals surface area contributed by atoms with Crippen molar-refractivity contribution in [3.05, 3.63) is 33.8 Å². The predicted molar refractivity (Wildman–Crippen MR) is 69.8 cm³/mol. The molecule has 0 bridgehead atoms. The average Bonchev–Trinajstić information content (AvgIpc) is 2.41. The smallest absolute Gasteiger partial charge is 0.256 e. The Morgan fingerprint density at radius 1 is 1.50 bits per heavy atom. The van der Waals surface area contributed by atoms with Crippen LogP contribution in [0.3, 0.4) is 0 Å². The fourth-order valence-electron chi connectivity index (χ4n) is 1.89. The third kappa shape index (κ3) is 2.44. The van der Waals surface area contributed by atoms with Crippen LogP contribution in [0.5, 0.6) is 0 Å². The van der Waals surface area contributed by atoms with Gasteiger partial charge in [-0.25, -0.2) is 0 Å². The quantitative estimate of drug-likeness (QED) is 0.857. The number of amides is 1. The standard InChI is InChI=1S/C12H11Cl2N3O/c13-10-3-1-2-9(11(10)14)12(18)17-5-4-16-7-8(17)6-15/h1-3,8,16H,4-5,7H2. The van der Waals surface area contributed by atoms with Gasteiger partial charge in [0.1, 0.15) is 6.04 Å². The summed E-state index contributed by atoms with van der Waals surface area (Å²) in [5.74, 6) is -0.254. The summed E-state index contributed by atoms with van der Waals surface area (Å²) in [6.07, 6.45) is 0. The van der Waals surface area contributed by atoms with E-state index in [1.807, 2.05) is 0 Å². The number of carbonyl (C=O) groups excluding carboxylic acids is 1. The zero-order valence-corrected chi connectivity index (χ0v) is 11.0. The Morgan fingerprint density at radius 3 is 3.00 bits per heavy atom. The van der Waals surface area contributed by atoms with E-state index in [1.165, 1.54) is 4.90 Å². The first-order valence-corrected chi connectivity index (χ1v) is 6.26. The van der Waals surface area contributed by atoms with Crippen molar-refractivity contribution >= 4 is 29.1 Å². The number of piperazine rings is 1. The first-order valence-electron chi connectivity index (χ1n) is 5.50. The van der Waals surface area contributed by atoms with Crippen LogP contribution in [-0.2, 0) is 0 Å². The molecule has 0 aromatic heterocycles. The van der Waals surface area contributed by atoms with Gasteiger partial charge in [0, 0.05) is 19.6 Å². The van der Waals surface area contributed by atoms with Crippen molar-refractivity contribution in [3.8, 4) is 6.07 Å². The van der Waals surface area contributed by atoms with Gasteiger partial charge in [-0.1, -0.05) is 29.3 Å². The Hall–Kier alpha value is -1.28. The van der Waals surface area contributed by atoms with Gasteiger partial charge in [-0.15, -0.1) is 0 Å². The number of rotatable bonds is 1. The van der Waals surface area contributed by atoms with Crippen LogP contribution in [0.25, 0.3) is 0 Å². The number of nitriles is 1. The summed E-state index contributed by atoms with van der Waals surface area (Å²) in [6.45, 7) is 1.63. The number of hydrogen-bond donors (Lipinski definition) is 1. The van der Waals surface area contributed by atoms with Gasteiger partial charge in [0.05, 0.1) is 21.7 Å². The monoisotopic (exact) mass is 283 g/mol. The molecule has 2 rings (SSSR count). The summed E-state index contributed by atoms with van der Waals surface area (Å²) >= 11 is 11.9. The van der Waals surface area contributed by atoms with Crippen LogP contribution in [0.1, 0.15) is 10.4 Å². The van der Waals surface area contributed by atoms with Crippen molar-refractivity contribution in [2.45, 2.75) is 6.04 Å². The van der Waals surface area contributed by atoms with Crippen molar-refractivity contribution in [2.24, 2.45) is 0 Å². The number of hydrogen-bond acceptors (Lipinski definition) is 3. The fraction of sp³-hybridized carbons (Fsp3) is 0.333. The van der Waals surface area contributed by atoms with Crippen molar-refractivity contribution in [1.82, 2.24) is 10.2 Å². The maximum absolute atomic E-state index is 12.3. The van der Waals surface area contributed by atoms with E-state index in [1.54, 1.807) is 18.2 Å². The highest BCUT2D eigenvalue weighted by Gasteiger charge is 2.28. The molecule has 1 aromatic carbocycles. The van der Waals surface area contributed by atoms with Gasteiger partial charge in [0.15, 0.2) is 0 Å². The second-order valence-corrected chi connectivity index (χ2v) is 4.73. The van der Waals surface area contributed by atoms with Gasteiger partial charge < -0.3 is 10.2 Å². The van der Waals surface area contributed by atoms with Crippen LogP contribution < -0.4 is 5.32 Å². The Labute approximate surface area is 115 Å². The minimum Gasteiger partial charge on any atom is -0.320 e. The zero-order valence-electron chi connectivity index (χ0n) is 9.49. The minimum atomic E-state index is -0.471. The fourth-order valence-corrected chi connectivity index (χ4v) is 2.27. The van der Waals surface area contributed by atoms with E-state index in [9.17, 15) is 4.79 Å². The summed E-state index contributed by atoms with van der Waals surface area (Å²) in [5.41, 5.74) is 0.339. The van der Waals surface area contributed by atoms with Crippen molar-refractivity contribution in [2.75, 3.05) is 19.6 Å². The van der Waals surface area contributed by atoms with Crippen LogP contribution in [-0.4, -0.2) is 36.5 Å². The molecule has 1 saturated heterocycles. The maximum atomic E-state index is 12.3. The molecule has 4 nitrogen and oxygen atoms in total. The Kier molecular flexibility index (Phi) is 4.07. The molecule has 1 fully saturated rings. The summed E-state index contributed by atoms with van der Waals surface area (Å²) < 4.78 is 0. The predicted octanol–water partition coefficient (Wildman–Crippen LogP) is 1.93. The van der Waals surface area contributed by atoms with E-state index in [-0.39, 0.29) is 10.9 Å². The highest BCUT2D eigenvalue weighted by molar-refractivity contribution is 6.43. The van der Waals surface area contributed by atoms with Crippen molar-refractivity contribution < 1.29 is 4.79 Å². The average molecular weight is 284 g/mol. The molecule has 1 heterocycles. The van der Waals surface area contributed by atoms with Crippen molar-refractivity contribution in [3.63, 3.8) is 0 Å². The maximum Gasteiger partial charge on any atom is 0.256 e. The van der Waals surface area contributed by atoms with Gasteiger partial charge >= 0.3 is 0 Å². The largest absolute Gasteiger partial charge is 0.320 e. The van der Waals surface area contributed by atoms with Crippen LogP contribution >= 0.6 is 23.2 Å². The lowest BCUT2D eigenvalue weighted by molar-refractivity contribution is 0.0687. The van der Waals surface area contributed by atoms with E-state index in [2.05, 4.69) is 11.4 Å². The molecule has 0 spiro atoms. The van der Waals surface area contributed by atoms with E-state index >= 15 is 0 Å². The molecular weight excluding hydrogens is 273 g/mol. The molecular formula is C12H11Cl2N3O. The molecule has 18 heavy (non-hydrogen) atoms. The van der Waals surface area contributed by atoms with Crippen LogP contribution in [0, 0.1) is 11.3 Å². The molecule has 1 aliphatic heterocycles. The van der Waals surface area contributed by atoms with E-state index in [4.69, 9.17) is 28.5 Å². The molecule has 1 aromatic rings. The number of nitrogens with one attached hydrogen (secondary N) is 1. The minimum absolute atomic E-state index is 0.236. The topological polar surface area (TPSA) is 56.1 Å². The third-order valence-corrected chi connectivity index (χ3v) is 3.65. The van der Waals surface area contributed by atoms with Gasteiger partial charge in [0.2, 0.25) is 0 Å². The third-order valence-electron chi connectivity index (χ3n) is 2.84. The molecule has 1 atom stereocenters. The lowest BCUT2D eigenvalue weighted by Crippen LogP contribution is -2.53. The lowest BCUT2D eigenvalue weighted by Gasteiger charge is -2.32. The molecule has 1 N–H and O–H groups in total. The Bertz CT molecular complexity index is 513. The molecule has 1 unspecified atom stereocenters. The first-order chi connectivity index (χ1) is 8.65. The van der Waals surface area contributed by atoms with Gasteiger partial charge in [0.25, 0.3) is 5.91 Å². The molecule has 1 amide bonds. The normalized spacial score (nSPS) is 19.4. The van der Waals surface area contributed by atoms with Gasteiger partial charge in [-0.3, -0.25) is 4.79 Å².